The van der Waals surface area contributed by atoms with Crippen LogP contribution in [0.4, 0.5) is 5.69 Å². The molecule has 0 aromatic heterocycles. The predicted molar refractivity (Wildman–Crippen MR) is 39.4 cm³/mol. The van der Waals surface area contributed by atoms with E-state index in [2.05, 4.69) is 10.2 Å². The van der Waals surface area contributed by atoms with Crippen molar-refractivity contribution < 1.29 is 14.9 Å². The van der Waals surface area contributed by atoms with Gasteiger partial charge in [0.15, 0.2) is 5.75 Å². The van der Waals surface area contributed by atoms with E-state index in [1.807, 2.05) is 0 Å². The SMILES string of the molecule is O=CNc1ccccc1OO. The molecular weight excluding hydrogens is 146 g/mol. The van der Waals surface area contributed by atoms with E-state index in [9.17, 15) is 4.79 Å². The van der Waals surface area contributed by atoms with Crippen LogP contribution >= 0.6 is 0 Å². The van der Waals surface area contributed by atoms with Crippen LogP contribution in [0.2, 0.25) is 0 Å². The Morgan fingerprint density at radius 2 is 2.18 bits per heavy atom. The molecule has 4 nitrogen and oxygen atoms in total. The molecule has 2 N–H and O–H groups in total. The number of para-hydroxylation sites is 2. The highest BCUT2D eigenvalue weighted by Gasteiger charge is 1.99. The highest BCUT2D eigenvalue weighted by Crippen LogP contribution is 2.21. The maximum atomic E-state index is 9.99. The molecule has 0 aliphatic carbocycles. The van der Waals surface area contributed by atoms with Crippen LogP contribution in [0.25, 0.3) is 0 Å². The van der Waals surface area contributed by atoms with Crippen LogP contribution < -0.4 is 10.2 Å². The zero-order valence-electron chi connectivity index (χ0n) is 5.65. The maximum absolute atomic E-state index is 9.99. The summed E-state index contributed by atoms with van der Waals surface area (Å²) in [6.07, 6.45) is 0.512. The Labute approximate surface area is 63.3 Å². The molecule has 0 fully saturated rings. The summed E-state index contributed by atoms with van der Waals surface area (Å²) < 4.78 is 0. The summed E-state index contributed by atoms with van der Waals surface area (Å²) in [7, 11) is 0. The molecule has 1 amide bonds. The molecule has 1 aromatic rings. The van der Waals surface area contributed by atoms with Crippen LogP contribution in [0.1, 0.15) is 0 Å². The van der Waals surface area contributed by atoms with Gasteiger partial charge in [-0.2, -0.15) is 0 Å². The minimum absolute atomic E-state index is 0.222. The molecule has 1 rings (SSSR count). The summed E-state index contributed by atoms with van der Waals surface area (Å²) in [6, 6.07) is 6.54. The molecule has 0 spiro atoms. The van der Waals surface area contributed by atoms with Crippen LogP contribution in [0, 0.1) is 0 Å². The maximum Gasteiger partial charge on any atom is 0.211 e. The number of benzene rings is 1. The van der Waals surface area contributed by atoms with E-state index in [-0.39, 0.29) is 5.75 Å². The number of hydrogen-bond donors (Lipinski definition) is 2. The molecule has 0 saturated heterocycles. The molecule has 0 aliphatic heterocycles. The molecular formula is C7H7NO3. The summed E-state index contributed by atoms with van der Waals surface area (Å²) in [4.78, 5) is 14.0. The van der Waals surface area contributed by atoms with Gasteiger partial charge >= 0.3 is 0 Å². The van der Waals surface area contributed by atoms with Gasteiger partial charge in [-0.15, -0.1) is 0 Å². The third-order valence-corrected chi connectivity index (χ3v) is 1.20. The average Bonchev–Trinajstić information content (AvgIpc) is 2.06. The fraction of sp³-hybridized carbons (Fsp3) is 0. The van der Waals surface area contributed by atoms with E-state index < -0.39 is 0 Å². The van der Waals surface area contributed by atoms with Gasteiger partial charge < -0.3 is 10.2 Å². The zero-order valence-corrected chi connectivity index (χ0v) is 5.65. The Hall–Kier alpha value is -1.55. The summed E-state index contributed by atoms with van der Waals surface area (Å²) in [5.74, 6) is 0.222. The Morgan fingerprint density at radius 3 is 2.82 bits per heavy atom. The van der Waals surface area contributed by atoms with Crippen molar-refractivity contribution in [2.75, 3.05) is 5.32 Å². The topological polar surface area (TPSA) is 58.6 Å². The molecule has 0 radical (unpaired) electrons. The first-order valence-corrected chi connectivity index (χ1v) is 2.99. The van der Waals surface area contributed by atoms with Gasteiger partial charge in [0.05, 0.1) is 5.69 Å². The van der Waals surface area contributed by atoms with Crippen molar-refractivity contribution in [3.63, 3.8) is 0 Å². The van der Waals surface area contributed by atoms with Gasteiger partial charge in [-0.05, 0) is 12.1 Å². The van der Waals surface area contributed by atoms with Crippen molar-refractivity contribution in [3.8, 4) is 5.75 Å². The Balaban J connectivity index is 2.92. The largest absolute Gasteiger partial charge is 0.338 e. The number of anilines is 1. The molecule has 0 aliphatic rings. The van der Waals surface area contributed by atoms with Crippen molar-refractivity contribution in [2.45, 2.75) is 0 Å². The predicted octanol–water partition coefficient (Wildman–Crippen LogP) is 1.11. The Bertz CT molecular complexity index is 249. The van der Waals surface area contributed by atoms with Gasteiger partial charge in [0.25, 0.3) is 0 Å². The highest BCUT2D eigenvalue weighted by atomic mass is 17.1. The first-order valence-electron chi connectivity index (χ1n) is 2.99. The zero-order chi connectivity index (χ0) is 8.10. The van der Waals surface area contributed by atoms with Crippen molar-refractivity contribution >= 4 is 12.1 Å². The van der Waals surface area contributed by atoms with E-state index >= 15 is 0 Å². The second-order valence-corrected chi connectivity index (χ2v) is 1.85. The van der Waals surface area contributed by atoms with Gasteiger partial charge in [0, 0.05) is 0 Å². The number of amides is 1. The number of rotatable bonds is 3. The minimum Gasteiger partial charge on any atom is -0.338 e. The lowest BCUT2D eigenvalue weighted by Gasteiger charge is -2.02. The van der Waals surface area contributed by atoms with Gasteiger partial charge in [-0.25, -0.2) is 5.26 Å². The molecule has 58 valence electrons. The van der Waals surface area contributed by atoms with Gasteiger partial charge in [-0.3, -0.25) is 4.79 Å². The van der Waals surface area contributed by atoms with Crippen molar-refractivity contribution in [3.05, 3.63) is 24.3 Å². The van der Waals surface area contributed by atoms with Crippen LogP contribution in [0.5, 0.6) is 5.75 Å². The minimum atomic E-state index is 0.222. The molecule has 11 heavy (non-hydrogen) atoms. The number of hydrogen-bond acceptors (Lipinski definition) is 3. The van der Waals surface area contributed by atoms with Crippen LogP contribution in [-0.4, -0.2) is 11.7 Å². The molecule has 0 bridgehead atoms. The smallest absolute Gasteiger partial charge is 0.211 e. The third-order valence-electron chi connectivity index (χ3n) is 1.20. The second-order valence-electron chi connectivity index (χ2n) is 1.85. The fourth-order valence-corrected chi connectivity index (χ4v) is 0.729. The van der Waals surface area contributed by atoms with E-state index in [1.54, 1.807) is 18.2 Å². The standard InChI is InChI=1S/C7H7NO3/c9-5-8-6-3-1-2-4-7(6)11-10/h1-5,10H,(H,8,9). The Morgan fingerprint density at radius 1 is 1.45 bits per heavy atom. The molecule has 1 aromatic carbocycles. The van der Waals surface area contributed by atoms with Crippen LogP contribution in [0.3, 0.4) is 0 Å². The molecule has 0 heterocycles. The van der Waals surface area contributed by atoms with Crippen molar-refractivity contribution in [2.24, 2.45) is 0 Å². The molecule has 0 unspecified atom stereocenters. The number of carbonyl (C=O) groups is 1. The summed E-state index contributed by atoms with van der Waals surface area (Å²) in [5, 5.41) is 10.7. The molecule has 0 saturated carbocycles. The third kappa shape index (κ3) is 1.68. The number of carbonyl (C=O) groups excluding carboxylic acids is 1. The first-order chi connectivity index (χ1) is 5.38. The van der Waals surface area contributed by atoms with Crippen molar-refractivity contribution in [1.82, 2.24) is 0 Å². The van der Waals surface area contributed by atoms with Gasteiger partial charge in [0.2, 0.25) is 6.41 Å². The first kappa shape index (κ1) is 7.56. The highest BCUT2D eigenvalue weighted by molar-refractivity contribution is 5.75. The fourth-order valence-electron chi connectivity index (χ4n) is 0.729. The lowest BCUT2D eigenvalue weighted by atomic mass is 10.3. The van der Waals surface area contributed by atoms with Gasteiger partial charge in [-0.1, -0.05) is 12.1 Å². The number of nitrogens with one attached hydrogen (secondary N) is 1. The van der Waals surface area contributed by atoms with E-state index in [0.29, 0.717) is 12.1 Å². The summed E-state index contributed by atoms with van der Waals surface area (Å²) in [5.41, 5.74) is 0.435. The van der Waals surface area contributed by atoms with Crippen molar-refractivity contribution in [1.29, 1.82) is 0 Å². The average molecular weight is 153 g/mol. The van der Waals surface area contributed by atoms with E-state index in [0.717, 1.165) is 0 Å². The monoisotopic (exact) mass is 153 g/mol. The lowest BCUT2D eigenvalue weighted by Crippen LogP contribution is -1.96. The summed E-state index contributed by atoms with van der Waals surface area (Å²) >= 11 is 0. The normalized spacial score (nSPS) is 8.82. The molecule has 0 atom stereocenters. The summed E-state index contributed by atoms with van der Waals surface area (Å²) in [6.45, 7) is 0. The van der Waals surface area contributed by atoms with Crippen LogP contribution in [-0.2, 0) is 4.79 Å². The quantitative estimate of drug-likeness (QED) is 0.388. The lowest BCUT2D eigenvalue weighted by molar-refractivity contribution is -0.137. The van der Waals surface area contributed by atoms with E-state index in [4.69, 9.17) is 5.26 Å². The Kier molecular flexibility index (Phi) is 2.46. The molecule has 4 heteroatoms. The second kappa shape index (κ2) is 3.58. The van der Waals surface area contributed by atoms with Gasteiger partial charge in [0.1, 0.15) is 0 Å². The van der Waals surface area contributed by atoms with Crippen LogP contribution in [0.15, 0.2) is 24.3 Å². The van der Waals surface area contributed by atoms with E-state index in [1.165, 1.54) is 6.07 Å².